The third-order valence-electron chi connectivity index (χ3n) is 2.77. The first-order chi connectivity index (χ1) is 9.60. The Bertz CT molecular complexity index is 592. The summed E-state index contributed by atoms with van der Waals surface area (Å²) in [5, 5.41) is 18.7. The maximum absolute atomic E-state index is 9.34. The third kappa shape index (κ3) is 4.02. The van der Waals surface area contributed by atoms with E-state index in [2.05, 4.69) is 22.0 Å². The van der Waals surface area contributed by atoms with Crippen molar-refractivity contribution in [1.82, 2.24) is 0 Å². The lowest BCUT2D eigenvalue weighted by Gasteiger charge is -2.10. The van der Waals surface area contributed by atoms with Crippen LogP contribution in [0.1, 0.15) is 5.56 Å². The molecule has 2 aromatic carbocycles. The number of ether oxygens (including phenoxy) is 1. The molecular formula is C14H14BBrO3S. The Kier molecular flexibility index (Phi) is 5.54. The van der Waals surface area contributed by atoms with Crippen LogP contribution in [-0.4, -0.2) is 24.3 Å². The Hall–Kier alpha value is -0.945. The van der Waals surface area contributed by atoms with Gasteiger partial charge in [-0.2, -0.15) is 0 Å². The average molecular weight is 353 g/mol. The van der Waals surface area contributed by atoms with Gasteiger partial charge in [-0.05, 0) is 29.8 Å². The van der Waals surface area contributed by atoms with Crippen LogP contribution in [0, 0.1) is 0 Å². The molecule has 3 nitrogen and oxygen atoms in total. The van der Waals surface area contributed by atoms with E-state index in [9.17, 15) is 10.0 Å². The number of rotatable bonds is 5. The van der Waals surface area contributed by atoms with Crippen molar-refractivity contribution in [2.24, 2.45) is 0 Å². The molecule has 0 fully saturated rings. The van der Waals surface area contributed by atoms with Gasteiger partial charge in [0.05, 0.1) is 7.11 Å². The molecule has 0 aliphatic heterocycles. The van der Waals surface area contributed by atoms with Crippen molar-refractivity contribution >= 4 is 40.3 Å². The van der Waals surface area contributed by atoms with E-state index in [0.717, 1.165) is 20.7 Å². The highest BCUT2D eigenvalue weighted by Crippen LogP contribution is 2.25. The number of hydrogen-bond donors (Lipinski definition) is 2. The van der Waals surface area contributed by atoms with E-state index in [1.54, 1.807) is 23.9 Å². The van der Waals surface area contributed by atoms with Gasteiger partial charge in [-0.1, -0.05) is 34.1 Å². The highest BCUT2D eigenvalue weighted by Gasteiger charge is 2.17. The summed E-state index contributed by atoms with van der Waals surface area (Å²) in [5.74, 6) is 1.23. The molecule has 2 N–H and O–H groups in total. The molecular weight excluding hydrogens is 339 g/mol. The second-order valence-corrected chi connectivity index (χ2v) is 6.16. The van der Waals surface area contributed by atoms with Crippen LogP contribution in [-0.2, 0) is 5.75 Å². The molecule has 0 aliphatic rings. The average Bonchev–Trinajstić information content (AvgIpc) is 2.45. The van der Waals surface area contributed by atoms with Crippen molar-refractivity contribution in [2.75, 3.05) is 7.11 Å². The molecule has 0 saturated carbocycles. The first-order valence-corrected chi connectivity index (χ1v) is 7.79. The van der Waals surface area contributed by atoms with Crippen molar-refractivity contribution in [3.63, 3.8) is 0 Å². The van der Waals surface area contributed by atoms with E-state index in [1.165, 1.54) is 7.11 Å². The zero-order valence-electron chi connectivity index (χ0n) is 10.9. The number of methoxy groups -OCH3 is 1. The topological polar surface area (TPSA) is 49.7 Å². The fourth-order valence-corrected chi connectivity index (χ4v) is 3.25. The lowest BCUT2D eigenvalue weighted by atomic mass is 9.79. The van der Waals surface area contributed by atoms with Gasteiger partial charge in [-0.15, -0.1) is 11.8 Å². The van der Waals surface area contributed by atoms with Crippen molar-refractivity contribution in [1.29, 1.82) is 0 Å². The number of thioether (sulfide) groups is 1. The normalized spacial score (nSPS) is 10.4. The van der Waals surface area contributed by atoms with Crippen LogP contribution in [0.25, 0.3) is 0 Å². The van der Waals surface area contributed by atoms with Crippen molar-refractivity contribution in [3.05, 3.63) is 52.5 Å². The zero-order valence-corrected chi connectivity index (χ0v) is 13.3. The Balaban J connectivity index is 2.12. The van der Waals surface area contributed by atoms with E-state index in [0.29, 0.717) is 11.2 Å². The van der Waals surface area contributed by atoms with Crippen LogP contribution >= 0.6 is 27.7 Å². The second-order valence-electron chi connectivity index (χ2n) is 4.20. The third-order valence-corrected chi connectivity index (χ3v) is 4.33. The van der Waals surface area contributed by atoms with Gasteiger partial charge >= 0.3 is 7.12 Å². The summed E-state index contributed by atoms with van der Waals surface area (Å²) >= 11 is 5.13. The molecule has 0 spiro atoms. The fourth-order valence-electron chi connectivity index (χ4n) is 1.80. The predicted molar refractivity (Wildman–Crippen MR) is 86.5 cm³/mol. The van der Waals surface area contributed by atoms with Crippen LogP contribution in [0.4, 0.5) is 0 Å². The van der Waals surface area contributed by atoms with Gasteiger partial charge in [0, 0.05) is 20.6 Å². The van der Waals surface area contributed by atoms with E-state index in [-0.39, 0.29) is 0 Å². The summed E-state index contributed by atoms with van der Waals surface area (Å²) in [6, 6.07) is 13.5. The Morgan fingerprint density at radius 3 is 2.65 bits per heavy atom. The van der Waals surface area contributed by atoms with Gasteiger partial charge in [0.2, 0.25) is 0 Å². The highest BCUT2D eigenvalue weighted by molar-refractivity contribution is 9.10. The van der Waals surface area contributed by atoms with Crippen molar-refractivity contribution < 1.29 is 14.8 Å². The Morgan fingerprint density at radius 1 is 1.20 bits per heavy atom. The van der Waals surface area contributed by atoms with E-state index in [1.807, 2.05) is 24.3 Å². The monoisotopic (exact) mass is 352 g/mol. The maximum Gasteiger partial charge on any atom is 0.492 e. The summed E-state index contributed by atoms with van der Waals surface area (Å²) in [6.07, 6.45) is 0. The summed E-state index contributed by atoms with van der Waals surface area (Å²) in [4.78, 5) is 1.15. The molecule has 104 valence electrons. The molecule has 0 aliphatic carbocycles. The molecule has 0 unspecified atom stereocenters. The van der Waals surface area contributed by atoms with Crippen LogP contribution < -0.4 is 10.2 Å². The van der Waals surface area contributed by atoms with Gasteiger partial charge in [0.1, 0.15) is 5.75 Å². The molecule has 0 heterocycles. The smallest absolute Gasteiger partial charge is 0.492 e. The molecule has 0 radical (unpaired) electrons. The molecule has 0 atom stereocenters. The minimum atomic E-state index is -1.53. The highest BCUT2D eigenvalue weighted by atomic mass is 79.9. The standard InChI is InChI=1S/C14H14BBrO3S/c1-19-14-6-5-10(7-13(14)15(17)18)9-20-12-4-2-3-11(16)8-12/h2-8,17-18H,9H2,1H3. The molecule has 2 rings (SSSR count). The first kappa shape index (κ1) is 15.4. The zero-order chi connectivity index (χ0) is 14.5. The fraction of sp³-hybridized carbons (Fsp3) is 0.143. The summed E-state index contributed by atoms with van der Waals surface area (Å²) in [7, 11) is -0.0160. The van der Waals surface area contributed by atoms with Crippen molar-refractivity contribution in [2.45, 2.75) is 10.6 Å². The lowest BCUT2D eigenvalue weighted by Crippen LogP contribution is -2.31. The minimum Gasteiger partial charge on any atom is -0.497 e. The first-order valence-electron chi connectivity index (χ1n) is 6.01. The van der Waals surface area contributed by atoms with Crippen LogP contribution in [0.15, 0.2) is 51.8 Å². The summed E-state index contributed by atoms with van der Waals surface area (Å²) in [6.45, 7) is 0. The maximum atomic E-state index is 9.34. The van der Waals surface area contributed by atoms with Gasteiger partial charge in [-0.25, -0.2) is 0 Å². The molecule has 6 heteroatoms. The Morgan fingerprint density at radius 2 is 2.00 bits per heavy atom. The predicted octanol–water partition coefficient (Wildman–Crippen LogP) is 2.43. The molecule has 0 saturated heterocycles. The minimum absolute atomic E-state index is 0.389. The molecule has 20 heavy (non-hydrogen) atoms. The quantitative estimate of drug-likeness (QED) is 0.641. The van der Waals surface area contributed by atoms with Gasteiger partial charge in [0.25, 0.3) is 0 Å². The van der Waals surface area contributed by atoms with E-state index >= 15 is 0 Å². The molecule has 0 aromatic heterocycles. The number of benzene rings is 2. The summed E-state index contributed by atoms with van der Waals surface area (Å²) in [5.41, 5.74) is 1.40. The lowest BCUT2D eigenvalue weighted by molar-refractivity contribution is 0.403. The van der Waals surface area contributed by atoms with Gasteiger partial charge in [-0.3, -0.25) is 0 Å². The Labute approximate surface area is 131 Å². The summed E-state index contributed by atoms with van der Waals surface area (Å²) < 4.78 is 6.15. The van der Waals surface area contributed by atoms with Crippen LogP contribution in [0.2, 0.25) is 0 Å². The van der Waals surface area contributed by atoms with Crippen LogP contribution in [0.5, 0.6) is 5.75 Å². The number of halogens is 1. The van der Waals surface area contributed by atoms with E-state index in [4.69, 9.17) is 4.74 Å². The van der Waals surface area contributed by atoms with E-state index < -0.39 is 7.12 Å². The largest absolute Gasteiger partial charge is 0.497 e. The molecule has 0 amide bonds. The van der Waals surface area contributed by atoms with Gasteiger partial charge < -0.3 is 14.8 Å². The SMILES string of the molecule is COc1ccc(CSc2cccc(Br)c2)cc1B(O)O. The molecule has 0 bridgehead atoms. The van der Waals surface area contributed by atoms with Crippen molar-refractivity contribution in [3.8, 4) is 5.75 Å². The second kappa shape index (κ2) is 7.17. The van der Waals surface area contributed by atoms with Gasteiger partial charge in [0.15, 0.2) is 0 Å². The van der Waals surface area contributed by atoms with Crippen LogP contribution in [0.3, 0.4) is 0 Å². The molecule has 2 aromatic rings. The number of hydrogen-bond acceptors (Lipinski definition) is 4.